The lowest BCUT2D eigenvalue weighted by Crippen LogP contribution is -2.36. The van der Waals surface area contributed by atoms with E-state index in [0.29, 0.717) is 10.8 Å². The van der Waals surface area contributed by atoms with Crippen LogP contribution in [-0.4, -0.2) is 33.7 Å². The lowest BCUT2D eigenvalue weighted by molar-refractivity contribution is -0.120. The van der Waals surface area contributed by atoms with Crippen LogP contribution in [0.15, 0.2) is 29.8 Å². The van der Waals surface area contributed by atoms with E-state index in [1.165, 1.54) is 12.0 Å². The van der Waals surface area contributed by atoms with E-state index in [1.807, 2.05) is 0 Å². The fourth-order valence-corrected chi connectivity index (χ4v) is 3.89. The average Bonchev–Trinajstić information content (AvgIpc) is 2.57. The van der Waals surface area contributed by atoms with E-state index in [0.717, 1.165) is 50.1 Å². The highest BCUT2D eigenvalue weighted by Gasteiger charge is 2.24. The van der Waals surface area contributed by atoms with Crippen LogP contribution in [0.25, 0.3) is 0 Å². The largest absolute Gasteiger partial charge is 0.356 e. The summed E-state index contributed by atoms with van der Waals surface area (Å²) in [6, 6.07) is 3.12. The zero-order chi connectivity index (χ0) is 19.2. The molecule has 1 N–H and O–H groups in total. The van der Waals surface area contributed by atoms with Gasteiger partial charge in [-0.3, -0.25) is 9.10 Å². The third-order valence-corrected chi connectivity index (χ3v) is 5.45. The van der Waals surface area contributed by atoms with Crippen molar-refractivity contribution in [3.8, 4) is 0 Å². The van der Waals surface area contributed by atoms with Crippen molar-refractivity contribution in [1.82, 2.24) is 5.32 Å². The van der Waals surface area contributed by atoms with Gasteiger partial charge in [0.15, 0.2) is 11.6 Å². The minimum absolute atomic E-state index is 0.181. The van der Waals surface area contributed by atoms with Gasteiger partial charge in [-0.2, -0.15) is 0 Å². The van der Waals surface area contributed by atoms with Crippen LogP contribution in [0.2, 0.25) is 0 Å². The fourth-order valence-electron chi connectivity index (χ4n) is 2.96. The predicted octanol–water partition coefficient (Wildman–Crippen LogP) is 3.13. The van der Waals surface area contributed by atoms with Crippen molar-refractivity contribution in [1.29, 1.82) is 0 Å². The molecule has 1 aliphatic rings. The summed E-state index contributed by atoms with van der Waals surface area (Å²) in [7, 11) is -3.93. The molecule has 0 bridgehead atoms. The van der Waals surface area contributed by atoms with Crippen molar-refractivity contribution in [3.05, 3.63) is 41.5 Å². The SMILES string of the molecule is CS(=O)(=O)N(CCC(=O)NCCC1=CCCCC1)c1c(F)cccc1F. The summed E-state index contributed by atoms with van der Waals surface area (Å²) in [5.41, 5.74) is 0.665. The highest BCUT2D eigenvalue weighted by atomic mass is 32.2. The van der Waals surface area contributed by atoms with Gasteiger partial charge >= 0.3 is 0 Å². The number of benzene rings is 1. The number of hydrogen-bond acceptors (Lipinski definition) is 3. The molecule has 0 heterocycles. The number of hydrogen-bond donors (Lipinski definition) is 1. The van der Waals surface area contributed by atoms with E-state index < -0.39 is 27.3 Å². The molecule has 2 rings (SSSR count). The summed E-state index contributed by atoms with van der Waals surface area (Å²) < 4.78 is 52.3. The molecule has 0 atom stereocenters. The van der Waals surface area contributed by atoms with Gasteiger partial charge in [-0.05, 0) is 44.2 Å². The van der Waals surface area contributed by atoms with Crippen molar-refractivity contribution >= 4 is 21.6 Å². The summed E-state index contributed by atoms with van der Waals surface area (Å²) in [5.74, 6) is -2.33. The second kappa shape index (κ2) is 9.12. The Labute approximate surface area is 153 Å². The zero-order valence-corrected chi connectivity index (χ0v) is 15.6. The Balaban J connectivity index is 1.93. The number of amides is 1. The third-order valence-electron chi connectivity index (χ3n) is 4.28. The molecule has 0 saturated carbocycles. The molecule has 0 fully saturated rings. The first kappa shape index (κ1) is 20.4. The Bertz CT molecular complexity index is 758. The minimum atomic E-state index is -3.93. The number of nitrogens with zero attached hydrogens (tertiary/aromatic N) is 1. The molecule has 1 aromatic carbocycles. The van der Waals surface area contributed by atoms with Crippen LogP contribution >= 0.6 is 0 Å². The number of para-hydroxylation sites is 1. The Morgan fingerprint density at radius 2 is 1.92 bits per heavy atom. The van der Waals surface area contributed by atoms with E-state index >= 15 is 0 Å². The fraction of sp³-hybridized carbons (Fsp3) is 0.500. The molecule has 0 aliphatic heterocycles. The molecular weight excluding hydrogens is 362 g/mol. The van der Waals surface area contributed by atoms with Crippen LogP contribution in [0, 0.1) is 11.6 Å². The lowest BCUT2D eigenvalue weighted by Gasteiger charge is -2.23. The van der Waals surface area contributed by atoms with Gasteiger partial charge in [0.2, 0.25) is 15.9 Å². The normalized spacial score (nSPS) is 14.7. The maximum absolute atomic E-state index is 13.9. The molecule has 1 aromatic rings. The first-order chi connectivity index (χ1) is 12.3. The number of halogens is 2. The van der Waals surface area contributed by atoms with E-state index in [9.17, 15) is 22.0 Å². The van der Waals surface area contributed by atoms with Gasteiger partial charge < -0.3 is 5.32 Å². The molecule has 0 radical (unpaired) electrons. The van der Waals surface area contributed by atoms with E-state index in [-0.39, 0.29) is 18.9 Å². The second-order valence-electron chi connectivity index (χ2n) is 6.36. The van der Waals surface area contributed by atoms with Crippen LogP contribution in [0.4, 0.5) is 14.5 Å². The highest BCUT2D eigenvalue weighted by Crippen LogP contribution is 2.25. The van der Waals surface area contributed by atoms with Crippen molar-refractivity contribution in [2.24, 2.45) is 0 Å². The standard InChI is InChI=1S/C18H24F2N2O3S/c1-26(24,25)22(18-15(19)8-5-9-16(18)20)13-11-17(23)21-12-10-14-6-3-2-4-7-14/h5-6,8-9H,2-4,7,10-13H2,1H3,(H,21,23). The lowest BCUT2D eigenvalue weighted by atomic mass is 9.97. The summed E-state index contributed by atoms with van der Waals surface area (Å²) >= 11 is 0. The minimum Gasteiger partial charge on any atom is -0.356 e. The molecular formula is C18H24F2N2O3S. The van der Waals surface area contributed by atoms with E-state index in [2.05, 4.69) is 11.4 Å². The second-order valence-corrected chi connectivity index (χ2v) is 8.27. The molecule has 0 saturated heterocycles. The van der Waals surface area contributed by atoms with Crippen molar-refractivity contribution in [2.45, 2.75) is 38.5 Å². The Kier molecular flexibility index (Phi) is 7.14. The van der Waals surface area contributed by atoms with Crippen LogP contribution in [0.5, 0.6) is 0 Å². The predicted molar refractivity (Wildman–Crippen MR) is 97.3 cm³/mol. The van der Waals surface area contributed by atoms with E-state index in [4.69, 9.17) is 0 Å². The number of rotatable bonds is 8. The molecule has 8 heteroatoms. The first-order valence-corrected chi connectivity index (χ1v) is 10.5. The highest BCUT2D eigenvalue weighted by molar-refractivity contribution is 7.92. The monoisotopic (exact) mass is 386 g/mol. The van der Waals surface area contributed by atoms with Crippen LogP contribution < -0.4 is 9.62 Å². The third kappa shape index (κ3) is 5.79. The number of anilines is 1. The number of nitrogens with one attached hydrogen (secondary N) is 1. The van der Waals surface area contributed by atoms with Crippen LogP contribution in [0.1, 0.15) is 38.5 Å². The molecule has 0 spiro atoms. The molecule has 5 nitrogen and oxygen atoms in total. The molecule has 144 valence electrons. The zero-order valence-electron chi connectivity index (χ0n) is 14.8. The number of sulfonamides is 1. The summed E-state index contributed by atoms with van der Waals surface area (Å²) in [6.07, 6.45) is 8.11. The summed E-state index contributed by atoms with van der Waals surface area (Å²) in [6.45, 7) is 0.142. The quantitative estimate of drug-likeness (QED) is 0.698. The average molecular weight is 386 g/mol. The van der Waals surface area contributed by atoms with Crippen molar-refractivity contribution < 1.29 is 22.0 Å². The topological polar surface area (TPSA) is 66.5 Å². The summed E-state index contributed by atoms with van der Waals surface area (Å²) in [5, 5.41) is 2.73. The molecule has 26 heavy (non-hydrogen) atoms. The van der Waals surface area contributed by atoms with Gasteiger partial charge in [0.05, 0.1) is 6.26 Å². The van der Waals surface area contributed by atoms with Gasteiger partial charge in [0.1, 0.15) is 5.69 Å². The Morgan fingerprint density at radius 1 is 1.23 bits per heavy atom. The van der Waals surface area contributed by atoms with Crippen molar-refractivity contribution in [2.75, 3.05) is 23.7 Å². The molecule has 0 aromatic heterocycles. The number of carbonyl (C=O) groups excluding carboxylic acids is 1. The van der Waals surface area contributed by atoms with Crippen molar-refractivity contribution in [3.63, 3.8) is 0 Å². The summed E-state index contributed by atoms with van der Waals surface area (Å²) in [4.78, 5) is 12.0. The van der Waals surface area contributed by atoms with Crippen LogP contribution in [-0.2, 0) is 14.8 Å². The maximum Gasteiger partial charge on any atom is 0.232 e. The van der Waals surface area contributed by atoms with Gasteiger partial charge in [0, 0.05) is 19.5 Å². The van der Waals surface area contributed by atoms with Gasteiger partial charge in [-0.1, -0.05) is 17.7 Å². The van der Waals surface area contributed by atoms with Gasteiger partial charge in [-0.25, -0.2) is 17.2 Å². The number of carbonyl (C=O) groups is 1. The maximum atomic E-state index is 13.9. The number of allylic oxidation sites excluding steroid dienone is 1. The Morgan fingerprint density at radius 3 is 2.50 bits per heavy atom. The first-order valence-electron chi connectivity index (χ1n) is 8.65. The van der Waals surface area contributed by atoms with Gasteiger partial charge in [0.25, 0.3) is 0 Å². The molecule has 1 aliphatic carbocycles. The molecule has 0 unspecified atom stereocenters. The molecule has 1 amide bonds. The smallest absolute Gasteiger partial charge is 0.232 e. The van der Waals surface area contributed by atoms with Crippen LogP contribution in [0.3, 0.4) is 0 Å². The van der Waals surface area contributed by atoms with Gasteiger partial charge in [-0.15, -0.1) is 0 Å². The Hall–Kier alpha value is -1.96. The van der Waals surface area contributed by atoms with E-state index in [1.54, 1.807) is 0 Å².